The highest BCUT2D eigenvalue weighted by Crippen LogP contribution is 2.27. The van der Waals surface area contributed by atoms with Gasteiger partial charge in [-0.1, -0.05) is 29.3 Å². The average molecular weight is 452 g/mol. The van der Waals surface area contributed by atoms with Crippen molar-refractivity contribution in [3.05, 3.63) is 67.7 Å². The number of rotatable bonds is 8. The van der Waals surface area contributed by atoms with Crippen LogP contribution in [-0.2, 0) is 4.79 Å². The van der Waals surface area contributed by atoms with Crippen molar-refractivity contribution in [3.8, 4) is 0 Å². The Labute approximate surface area is 182 Å². The van der Waals surface area contributed by atoms with Gasteiger partial charge < -0.3 is 10.2 Å². The SMILES string of the molecule is CN(C)c1ccc(C=NNC(=O)CCNC(=O)c2ccc(Cl)c(Cl)c2)cc1[N+](=O)[O-]. The molecule has 0 aliphatic carbocycles. The van der Waals surface area contributed by atoms with E-state index in [1.807, 2.05) is 0 Å². The van der Waals surface area contributed by atoms with Gasteiger partial charge in [-0.3, -0.25) is 19.7 Å². The summed E-state index contributed by atoms with van der Waals surface area (Å²) in [6.07, 6.45) is 1.29. The molecule has 11 heteroatoms. The summed E-state index contributed by atoms with van der Waals surface area (Å²) < 4.78 is 0. The number of nitrogens with zero attached hydrogens (tertiary/aromatic N) is 3. The molecule has 2 rings (SSSR count). The number of carbonyl (C=O) groups is 2. The summed E-state index contributed by atoms with van der Waals surface area (Å²) in [5.41, 5.74) is 3.48. The predicted octanol–water partition coefficient (Wildman–Crippen LogP) is 3.24. The minimum Gasteiger partial charge on any atom is -0.372 e. The normalized spacial score (nSPS) is 10.7. The highest BCUT2D eigenvalue weighted by atomic mass is 35.5. The van der Waals surface area contributed by atoms with E-state index < -0.39 is 16.7 Å². The van der Waals surface area contributed by atoms with Crippen LogP contribution >= 0.6 is 23.2 Å². The highest BCUT2D eigenvalue weighted by Gasteiger charge is 2.15. The Bertz CT molecular complexity index is 995. The second kappa shape index (κ2) is 10.6. The number of hydrogen-bond donors (Lipinski definition) is 2. The fourth-order valence-electron chi connectivity index (χ4n) is 2.41. The third-order valence-corrected chi connectivity index (χ3v) is 4.64. The number of amides is 2. The minimum absolute atomic E-state index is 0.00980. The molecule has 0 fully saturated rings. The zero-order chi connectivity index (χ0) is 22.3. The Morgan fingerprint density at radius 1 is 1.17 bits per heavy atom. The van der Waals surface area contributed by atoms with E-state index in [-0.39, 0.29) is 23.7 Å². The molecule has 0 aliphatic rings. The van der Waals surface area contributed by atoms with Gasteiger partial charge in [-0.25, -0.2) is 5.43 Å². The lowest BCUT2D eigenvalue weighted by molar-refractivity contribution is -0.384. The third kappa shape index (κ3) is 6.43. The molecule has 0 atom stereocenters. The molecule has 2 amide bonds. The first-order valence-electron chi connectivity index (χ1n) is 8.70. The molecule has 0 radical (unpaired) electrons. The first-order valence-corrected chi connectivity index (χ1v) is 9.45. The molecule has 0 saturated carbocycles. The van der Waals surface area contributed by atoms with E-state index >= 15 is 0 Å². The highest BCUT2D eigenvalue weighted by molar-refractivity contribution is 6.42. The summed E-state index contributed by atoms with van der Waals surface area (Å²) >= 11 is 11.7. The van der Waals surface area contributed by atoms with E-state index in [0.29, 0.717) is 21.8 Å². The van der Waals surface area contributed by atoms with E-state index in [1.165, 1.54) is 30.5 Å². The van der Waals surface area contributed by atoms with Gasteiger partial charge in [0.05, 0.1) is 21.2 Å². The summed E-state index contributed by atoms with van der Waals surface area (Å²) in [5, 5.41) is 18.2. The van der Waals surface area contributed by atoms with Crippen LogP contribution in [0.3, 0.4) is 0 Å². The largest absolute Gasteiger partial charge is 0.372 e. The molecule has 0 aliphatic heterocycles. The number of anilines is 1. The van der Waals surface area contributed by atoms with E-state index in [4.69, 9.17) is 23.2 Å². The molecule has 158 valence electrons. The Hall–Kier alpha value is -3.17. The van der Waals surface area contributed by atoms with Crippen molar-refractivity contribution >= 4 is 52.6 Å². The van der Waals surface area contributed by atoms with Crippen LogP contribution in [0, 0.1) is 10.1 Å². The molecule has 9 nitrogen and oxygen atoms in total. The van der Waals surface area contributed by atoms with Gasteiger partial charge >= 0.3 is 0 Å². The van der Waals surface area contributed by atoms with Crippen LogP contribution < -0.4 is 15.6 Å². The predicted molar refractivity (Wildman–Crippen MR) is 117 cm³/mol. The van der Waals surface area contributed by atoms with Crippen LogP contribution in [0.4, 0.5) is 11.4 Å². The van der Waals surface area contributed by atoms with Crippen LogP contribution in [0.25, 0.3) is 0 Å². The van der Waals surface area contributed by atoms with Gasteiger partial charge in [0.15, 0.2) is 0 Å². The van der Waals surface area contributed by atoms with Gasteiger partial charge in [-0.15, -0.1) is 0 Å². The van der Waals surface area contributed by atoms with Gasteiger partial charge in [-0.05, 0) is 24.3 Å². The molecular formula is C19H19Cl2N5O4. The molecule has 2 aromatic rings. The topological polar surface area (TPSA) is 117 Å². The van der Waals surface area contributed by atoms with Gasteiger partial charge in [0.1, 0.15) is 5.69 Å². The molecule has 0 unspecified atom stereocenters. The summed E-state index contributed by atoms with van der Waals surface area (Å²) in [7, 11) is 3.41. The lowest BCUT2D eigenvalue weighted by Gasteiger charge is -2.12. The maximum absolute atomic E-state index is 12.0. The first kappa shape index (κ1) is 23.1. The van der Waals surface area contributed by atoms with Crippen molar-refractivity contribution in [2.75, 3.05) is 25.5 Å². The zero-order valence-corrected chi connectivity index (χ0v) is 17.7. The van der Waals surface area contributed by atoms with Gasteiger partial charge in [0, 0.05) is 44.3 Å². The monoisotopic (exact) mass is 451 g/mol. The quantitative estimate of drug-likeness (QED) is 0.362. The van der Waals surface area contributed by atoms with E-state index in [0.717, 1.165) is 0 Å². The Morgan fingerprint density at radius 2 is 1.90 bits per heavy atom. The standard InChI is InChI=1S/C19H19Cl2N5O4/c1-25(2)16-6-3-12(9-17(16)26(29)30)11-23-24-18(27)7-8-22-19(28)13-4-5-14(20)15(21)10-13/h3-6,9-11H,7-8H2,1-2H3,(H,22,28)(H,24,27). The van der Waals surface area contributed by atoms with Crippen molar-refractivity contribution in [2.24, 2.45) is 5.10 Å². The second-order valence-electron chi connectivity index (χ2n) is 6.33. The lowest BCUT2D eigenvalue weighted by Crippen LogP contribution is -2.29. The number of nitro groups is 1. The van der Waals surface area contributed by atoms with Crippen molar-refractivity contribution in [1.82, 2.24) is 10.7 Å². The Balaban J connectivity index is 1.85. The summed E-state index contributed by atoms with van der Waals surface area (Å²) in [6, 6.07) is 9.08. The van der Waals surface area contributed by atoms with E-state index in [2.05, 4.69) is 15.8 Å². The molecular weight excluding hydrogens is 433 g/mol. The molecule has 0 heterocycles. The number of halogens is 2. The van der Waals surface area contributed by atoms with Crippen molar-refractivity contribution < 1.29 is 14.5 Å². The van der Waals surface area contributed by atoms with E-state index in [9.17, 15) is 19.7 Å². The summed E-state index contributed by atoms with van der Waals surface area (Å²) in [6.45, 7) is 0.0867. The number of benzene rings is 2. The Kier molecular flexibility index (Phi) is 8.14. The third-order valence-electron chi connectivity index (χ3n) is 3.90. The fraction of sp³-hybridized carbons (Fsp3) is 0.211. The summed E-state index contributed by atoms with van der Waals surface area (Å²) in [4.78, 5) is 36.2. The summed E-state index contributed by atoms with van der Waals surface area (Å²) in [5.74, 6) is -0.821. The van der Waals surface area contributed by atoms with Crippen LogP contribution in [0.5, 0.6) is 0 Å². The van der Waals surface area contributed by atoms with Gasteiger partial charge in [0.25, 0.3) is 11.6 Å². The van der Waals surface area contributed by atoms with Crippen LogP contribution in [0.1, 0.15) is 22.3 Å². The van der Waals surface area contributed by atoms with E-state index in [1.54, 1.807) is 31.1 Å². The molecule has 2 aromatic carbocycles. The van der Waals surface area contributed by atoms with Crippen molar-refractivity contribution in [1.29, 1.82) is 0 Å². The molecule has 30 heavy (non-hydrogen) atoms. The second-order valence-corrected chi connectivity index (χ2v) is 7.14. The maximum Gasteiger partial charge on any atom is 0.293 e. The number of hydrazone groups is 1. The van der Waals surface area contributed by atoms with Gasteiger partial charge in [0.2, 0.25) is 5.91 Å². The molecule has 0 spiro atoms. The van der Waals surface area contributed by atoms with Crippen LogP contribution in [0.2, 0.25) is 10.0 Å². The fourth-order valence-corrected chi connectivity index (χ4v) is 2.71. The zero-order valence-electron chi connectivity index (χ0n) is 16.2. The first-order chi connectivity index (χ1) is 14.2. The number of carbonyl (C=O) groups excluding carboxylic acids is 2. The number of hydrogen-bond acceptors (Lipinski definition) is 6. The number of nitro benzene ring substituents is 1. The van der Waals surface area contributed by atoms with Crippen LogP contribution in [0.15, 0.2) is 41.5 Å². The van der Waals surface area contributed by atoms with Crippen molar-refractivity contribution in [2.45, 2.75) is 6.42 Å². The lowest BCUT2D eigenvalue weighted by atomic mass is 10.2. The smallest absolute Gasteiger partial charge is 0.293 e. The van der Waals surface area contributed by atoms with Crippen molar-refractivity contribution in [3.63, 3.8) is 0 Å². The molecule has 0 bridgehead atoms. The maximum atomic E-state index is 12.0. The number of nitrogens with one attached hydrogen (secondary N) is 2. The molecule has 2 N–H and O–H groups in total. The van der Waals surface area contributed by atoms with Crippen LogP contribution in [-0.4, -0.2) is 43.6 Å². The van der Waals surface area contributed by atoms with Gasteiger partial charge in [-0.2, -0.15) is 5.10 Å². The Morgan fingerprint density at radius 3 is 2.53 bits per heavy atom. The molecule has 0 saturated heterocycles. The average Bonchev–Trinajstić information content (AvgIpc) is 2.69. The minimum atomic E-state index is -0.484. The molecule has 0 aromatic heterocycles.